The van der Waals surface area contributed by atoms with Crippen molar-refractivity contribution >= 4 is 11.7 Å². The largest absolute Gasteiger partial charge is 0.325 e. The fourth-order valence-corrected chi connectivity index (χ4v) is 5.26. The predicted molar refractivity (Wildman–Crippen MR) is 128 cm³/mol. The summed E-state index contributed by atoms with van der Waals surface area (Å²) in [6, 6.07) is 20.6. The highest BCUT2D eigenvalue weighted by atomic mass is 16.2. The summed E-state index contributed by atoms with van der Waals surface area (Å²) in [5.41, 5.74) is 2.70. The first kappa shape index (κ1) is 22.4. The fraction of sp³-hybridized carbons (Fsp3) is 0.481. The average Bonchev–Trinajstić information content (AvgIpc) is 2.85. The van der Waals surface area contributed by atoms with Crippen molar-refractivity contribution in [3.63, 3.8) is 0 Å². The molecule has 5 nitrogen and oxygen atoms in total. The summed E-state index contributed by atoms with van der Waals surface area (Å²) in [6.45, 7) is 6.35. The van der Waals surface area contributed by atoms with E-state index in [0.717, 1.165) is 31.8 Å². The van der Waals surface area contributed by atoms with Gasteiger partial charge >= 0.3 is 6.03 Å². The van der Waals surface area contributed by atoms with E-state index < -0.39 is 0 Å². The molecule has 32 heavy (non-hydrogen) atoms. The Hall–Kier alpha value is -2.84. The normalized spacial score (nSPS) is 19.3. The molecule has 1 N–H and O–H groups in total. The molecular formula is C27H34N4O. The molecule has 0 bridgehead atoms. The minimum Gasteiger partial charge on any atom is -0.325 e. The van der Waals surface area contributed by atoms with Crippen LogP contribution < -0.4 is 5.32 Å². The van der Waals surface area contributed by atoms with Crippen molar-refractivity contribution in [2.75, 3.05) is 31.5 Å². The van der Waals surface area contributed by atoms with Crippen LogP contribution in [0.2, 0.25) is 0 Å². The van der Waals surface area contributed by atoms with Gasteiger partial charge in [0.2, 0.25) is 0 Å². The molecule has 2 heterocycles. The van der Waals surface area contributed by atoms with Crippen molar-refractivity contribution in [2.24, 2.45) is 11.8 Å². The molecule has 2 amide bonds. The van der Waals surface area contributed by atoms with Crippen LogP contribution in [0.5, 0.6) is 0 Å². The van der Waals surface area contributed by atoms with Gasteiger partial charge in [-0.1, -0.05) is 36.4 Å². The van der Waals surface area contributed by atoms with E-state index in [9.17, 15) is 4.79 Å². The van der Waals surface area contributed by atoms with E-state index in [1.165, 1.54) is 37.9 Å². The molecule has 1 atom stereocenters. The monoisotopic (exact) mass is 430 g/mol. The number of nitriles is 1. The molecule has 168 valence electrons. The van der Waals surface area contributed by atoms with Crippen molar-refractivity contribution < 1.29 is 4.79 Å². The number of piperidine rings is 2. The lowest BCUT2D eigenvalue weighted by molar-refractivity contribution is 0.0774. The molecule has 0 spiro atoms. The molecule has 2 aliphatic heterocycles. The molecule has 0 radical (unpaired) electrons. The van der Waals surface area contributed by atoms with Crippen molar-refractivity contribution in [1.82, 2.24) is 9.80 Å². The summed E-state index contributed by atoms with van der Waals surface area (Å²) in [6.07, 6.45) is 5.87. The quantitative estimate of drug-likeness (QED) is 0.714. The second-order valence-electron chi connectivity index (χ2n) is 9.36. The number of benzene rings is 2. The van der Waals surface area contributed by atoms with Gasteiger partial charge < -0.3 is 15.1 Å². The number of urea groups is 1. The van der Waals surface area contributed by atoms with E-state index in [2.05, 4.69) is 53.5 Å². The summed E-state index contributed by atoms with van der Waals surface area (Å²) in [5, 5.41) is 12.0. The molecule has 2 aliphatic rings. The lowest BCUT2D eigenvalue weighted by Crippen LogP contribution is -2.48. The van der Waals surface area contributed by atoms with Crippen LogP contribution in [-0.4, -0.2) is 48.1 Å². The highest BCUT2D eigenvalue weighted by Crippen LogP contribution is 2.29. The third-order valence-electron chi connectivity index (χ3n) is 7.34. The first-order valence-corrected chi connectivity index (χ1v) is 12.0. The van der Waals surface area contributed by atoms with Gasteiger partial charge in [0.25, 0.3) is 0 Å². The Balaban J connectivity index is 1.21. The molecule has 4 rings (SSSR count). The van der Waals surface area contributed by atoms with Gasteiger partial charge in [0.05, 0.1) is 11.6 Å². The number of hydrogen-bond donors (Lipinski definition) is 1. The van der Waals surface area contributed by atoms with Crippen molar-refractivity contribution in [3.05, 3.63) is 65.7 Å². The minimum atomic E-state index is -0.0621. The first-order valence-electron chi connectivity index (χ1n) is 12.0. The standard InChI is InChI=1S/C27H34N4O/c1-21(30-14-10-23(11-15-30)18-22-6-3-2-4-7-22)25-12-16-31(17-13-25)27(32)29-26-9-5-8-24(19-26)20-28/h2-9,19,21,23,25H,10-18H2,1H3,(H,29,32). The molecule has 2 aromatic carbocycles. The fourth-order valence-electron chi connectivity index (χ4n) is 5.26. The van der Waals surface area contributed by atoms with E-state index in [1.54, 1.807) is 18.2 Å². The number of nitrogens with zero attached hydrogens (tertiary/aromatic N) is 3. The van der Waals surface area contributed by atoms with Crippen molar-refractivity contribution in [1.29, 1.82) is 5.26 Å². The Morgan fingerprint density at radius 3 is 2.44 bits per heavy atom. The summed E-state index contributed by atoms with van der Waals surface area (Å²) in [5.74, 6) is 1.44. The van der Waals surface area contributed by atoms with Crippen LogP contribution >= 0.6 is 0 Å². The molecule has 0 aromatic heterocycles. The summed E-state index contributed by atoms with van der Waals surface area (Å²) in [7, 11) is 0. The highest BCUT2D eigenvalue weighted by molar-refractivity contribution is 5.89. The third kappa shape index (κ3) is 5.69. The lowest BCUT2D eigenvalue weighted by Gasteiger charge is -2.42. The minimum absolute atomic E-state index is 0.0621. The van der Waals surface area contributed by atoms with Crippen molar-refractivity contribution in [2.45, 2.75) is 45.1 Å². The van der Waals surface area contributed by atoms with Crippen LogP contribution in [0.4, 0.5) is 10.5 Å². The lowest BCUT2D eigenvalue weighted by atomic mass is 9.85. The number of amides is 2. The number of carbonyl (C=O) groups excluding carboxylic acids is 1. The number of likely N-dealkylation sites (tertiary alicyclic amines) is 2. The maximum absolute atomic E-state index is 12.7. The Bertz CT molecular complexity index is 922. The maximum Gasteiger partial charge on any atom is 0.321 e. The van der Waals surface area contributed by atoms with Crippen LogP contribution in [0, 0.1) is 23.2 Å². The number of nitrogens with one attached hydrogen (secondary N) is 1. The van der Waals surface area contributed by atoms with E-state index in [4.69, 9.17) is 5.26 Å². The van der Waals surface area contributed by atoms with E-state index in [0.29, 0.717) is 23.2 Å². The molecule has 5 heteroatoms. The molecule has 0 saturated carbocycles. The summed E-state index contributed by atoms with van der Waals surface area (Å²) in [4.78, 5) is 17.2. The number of anilines is 1. The topological polar surface area (TPSA) is 59.4 Å². The highest BCUT2D eigenvalue weighted by Gasteiger charge is 2.31. The van der Waals surface area contributed by atoms with Gasteiger partial charge in [-0.2, -0.15) is 5.26 Å². The zero-order chi connectivity index (χ0) is 22.3. The maximum atomic E-state index is 12.7. The number of carbonyl (C=O) groups is 1. The van der Waals surface area contributed by atoms with Crippen LogP contribution in [0.1, 0.15) is 43.7 Å². The molecule has 2 aromatic rings. The van der Waals surface area contributed by atoms with Crippen LogP contribution in [0.25, 0.3) is 0 Å². The third-order valence-corrected chi connectivity index (χ3v) is 7.34. The first-order chi connectivity index (χ1) is 15.6. The second-order valence-corrected chi connectivity index (χ2v) is 9.36. The zero-order valence-electron chi connectivity index (χ0n) is 19.0. The van der Waals surface area contributed by atoms with E-state index in [1.807, 2.05) is 11.0 Å². The Morgan fingerprint density at radius 1 is 1.03 bits per heavy atom. The smallest absolute Gasteiger partial charge is 0.321 e. The predicted octanol–water partition coefficient (Wildman–Crippen LogP) is 5.15. The summed E-state index contributed by atoms with van der Waals surface area (Å²) >= 11 is 0. The summed E-state index contributed by atoms with van der Waals surface area (Å²) < 4.78 is 0. The molecular weight excluding hydrogens is 396 g/mol. The van der Waals surface area contributed by atoms with Gasteiger partial charge in [-0.05, 0) is 87.7 Å². The molecule has 0 aliphatic carbocycles. The van der Waals surface area contributed by atoms with Crippen molar-refractivity contribution in [3.8, 4) is 6.07 Å². The molecule has 2 saturated heterocycles. The second kappa shape index (κ2) is 10.7. The number of hydrogen-bond acceptors (Lipinski definition) is 3. The average molecular weight is 431 g/mol. The zero-order valence-corrected chi connectivity index (χ0v) is 19.0. The van der Waals surface area contributed by atoms with Crippen LogP contribution in [0.3, 0.4) is 0 Å². The van der Waals surface area contributed by atoms with Gasteiger partial charge in [0.15, 0.2) is 0 Å². The number of rotatable bonds is 5. The van der Waals surface area contributed by atoms with Crippen LogP contribution in [-0.2, 0) is 6.42 Å². The Morgan fingerprint density at radius 2 is 1.75 bits per heavy atom. The van der Waals surface area contributed by atoms with E-state index in [-0.39, 0.29) is 6.03 Å². The van der Waals surface area contributed by atoms with Crippen LogP contribution in [0.15, 0.2) is 54.6 Å². The van der Waals surface area contributed by atoms with Gasteiger partial charge in [-0.15, -0.1) is 0 Å². The van der Waals surface area contributed by atoms with Gasteiger partial charge in [0.1, 0.15) is 0 Å². The molecule has 1 unspecified atom stereocenters. The Labute approximate surface area is 192 Å². The Kier molecular flexibility index (Phi) is 7.44. The molecule has 2 fully saturated rings. The van der Waals surface area contributed by atoms with Gasteiger partial charge in [-0.3, -0.25) is 0 Å². The SMILES string of the molecule is CC(C1CCN(C(=O)Nc2cccc(C#N)c2)CC1)N1CCC(Cc2ccccc2)CC1. The van der Waals surface area contributed by atoms with Gasteiger partial charge in [-0.25, -0.2) is 4.79 Å². The van der Waals surface area contributed by atoms with Gasteiger partial charge in [0, 0.05) is 24.8 Å². The van der Waals surface area contributed by atoms with E-state index >= 15 is 0 Å².